The van der Waals surface area contributed by atoms with Crippen LogP contribution in [-0.2, 0) is 19.1 Å². The summed E-state index contributed by atoms with van der Waals surface area (Å²) in [5.41, 5.74) is 0. The molecule has 0 aromatic rings. The molecular formula is C10H18O4. The number of esters is 1. The highest BCUT2D eigenvalue weighted by molar-refractivity contribution is 5.95. The normalized spacial score (nSPS) is 12.2. The van der Waals surface area contributed by atoms with Gasteiger partial charge in [0.15, 0.2) is 0 Å². The molecule has 0 aliphatic heterocycles. The molecule has 0 N–H and O–H groups in total. The van der Waals surface area contributed by atoms with Gasteiger partial charge in [-0.25, -0.2) is 0 Å². The highest BCUT2D eigenvalue weighted by Crippen LogP contribution is 2.05. The second-order valence-corrected chi connectivity index (χ2v) is 2.99. The highest BCUT2D eigenvalue weighted by Gasteiger charge is 2.15. The molecule has 1 unspecified atom stereocenters. The lowest BCUT2D eigenvalue weighted by Gasteiger charge is -2.11. The molecule has 0 aliphatic rings. The molecule has 14 heavy (non-hydrogen) atoms. The van der Waals surface area contributed by atoms with Gasteiger partial charge >= 0.3 is 5.97 Å². The molecule has 0 rings (SSSR count). The summed E-state index contributed by atoms with van der Waals surface area (Å²) in [6.07, 6.45) is 0.821. The van der Waals surface area contributed by atoms with Gasteiger partial charge in [0.05, 0.1) is 12.7 Å². The van der Waals surface area contributed by atoms with Gasteiger partial charge in [-0.15, -0.1) is 0 Å². The van der Waals surface area contributed by atoms with Crippen LogP contribution in [0, 0.1) is 0 Å². The van der Waals surface area contributed by atoms with Crippen LogP contribution in [0.25, 0.3) is 0 Å². The molecule has 0 aliphatic carbocycles. The molecule has 0 bridgehead atoms. The quantitative estimate of drug-likeness (QED) is 0.461. The molecule has 0 fully saturated rings. The predicted octanol–water partition coefficient (Wildman–Crippen LogP) is 1.32. The number of carbonyl (C=O) groups excluding carboxylic acids is 2. The Balaban J connectivity index is 3.79. The Hall–Kier alpha value is -0.900. The van der Waals surface area contributed by atoms with E-state index in [4.69, 9.17) is 4.74 Å². The Morgan fingerprint density at radius 1 is 1.29 bits per heavy atom. The molecule has 0 saturated carbocycles. The molecule has 0 aromatic heterocycles. The van der Waals surface area contributed by atoms with E-state index in [1.54, 1.807) is 14.0 Å². The SMILES string of the molecule is CCOC(=O)CC(=O)CC(CC)OC. The van der Waals surface area contributed by atoms with Crippen LogP contribution < -0.4 is 0 Å². The van der Waals surface area contributed by atoms with Gasteiger partial charge in [-0.3, -0.25) is 9.59 Å². The number of rotatable bonds is 7. The summed E-state index contributed by atoms with van der Waals surface area (Å²) < 4.78 is 9.70. The summed E-state index contributed by atoms with van der Waals surface area (Å²) in [6.45, 7) is 3.96. The fourth-order valence-electron chi connectivity index (χ4n) is 1.09. The molecule has 0 spiro atoms. The lowest BCUT2D eigenvalue weighted by Crippen LogP contribution is -2.18. The predicted molar refractivity (Wildman–Crippen MR) is 52.0 cm³/mol. The summed E-state index contributed by atoms with van der Waals surface area (Å²) in [5, 5.41) is 0. The maximum Gasteiger partial charge on any atom is 0.313 e. The molecule has 4 nitrogen and oxygen atoms in total. The van der Waals surface area contributed by atoms with E-state index in [0.717, 1.165) is 6.42 Å². The number of ether oxygens (including phenoxy) is 2. The average Bonchev–Trinajstić information content (AvgIpc) is 2.14. The lowest BCUT2D eigenvalue weighted by atomic mass is 10.1. The third kappa shape index (κ3) is 5.70. The fourth-order valence-corrected chi connectivity index (χ4v) is 1.09. The van der Waals surface area contributed by atoms with Crippen molar-refractivity contribution in [1.29, 1.82) is 0 Å². The van der Waals surface area contributed by atoms with Gasteiger partial charge in [-0.2, -0.15) is 0 Å². The van der Waals surface area contributed by atoms with E-state index in [0.29, 0.717) is 6.61 Å². The smallest absolute Gasteiger partial charge is 0.313 e. The molecule has 82 valence electrons. The second kappa shape index (κ2) is 7.50. The lowest BCUT2D eigenvalue weighted by molar-refractivity contribution is -0.145. The van der Waals surface area contributed by atoms with E-state index in [9.17, 15) is 9.59 Å². The van der Waals surface area contributed by atoms with Crippen molar-refractivity contribution in [2.75, 3.05) is 13.7 Å². The number of hydrogen-bond donors (Lipinski definition) is 0. The Labute approximate surface area is 84.6 Å². The first-order chi connectivity index (χ1) is 6.63. The first-order valence-corrected chi connectivity index (χ1v) is 4.84. The van der Waals surface area contributed by atoms with Gasteiger partial charge in [0.2, 0.25) is 0 Å². The van der Waals surface area contributed by atoms with Crippen LogP contribution in [0.1, 0.15) is 33.1 Å². The monoisotopic (exact) mass is 202 g/mol. The summed E-state index contributed by atoms with van der Waals surface area (Å²) in [5.74, 6) is -0.583. The van der Waals surface area contributed by atoms with Crippen molar-refractivity contribution >= 4 is 11.8 Å². The largest absolute Gasteiger partial charge is 0.466 e. The molecule has 1 atom stereocenters. The molecular weight excluding hydrogens is 184 g/mol. The van der Waals surface area contributed by atoms with Crippen molar-refractivity contribution in [3.05, 3.63) is 0 Å². The van der Waals surface area contributed by atoms with Crippen molar-refractivity contribution in [3.8, 4) is 0 Å². The van der Waals surface area contributed by atoms with Crippen LogP contribution in [0.3, 0.4) is 0 Å². The van der Waals surface area contributed by atoms with Gasteiger partial charge in [0.1, 0.15) is 12.2 Å². The van der Waals surface area contributed by atoms with E-state index in [1.807, 2.05) is 6.92 Å². The van der Waals surface area contributed by atoms with Crippen molar-refractivity contribution in [1.82, 2.24) is 0 Å². The average molecular weight is 202 g/mol. The topological polar surface area (TPSA) is 52.6 Å². The first-order valence-electron chi connectivity index (χ1n) is 4.84. The van der Waals surface area contributed by atoms with Gasteiger partial charge in [-0.1, -0.05) is 6.92 Å². The van der Waals surface area contributed by atoms with Gasteiger partial charge in [0.25, 0.3) is 0 Å². The number of hydrogen-bond acceptors (Lipinski definition) is 4. The Morgan fingerprint density at radius 2 is 1.93 bits per heavy atom. The van der Waals surface area contributed by atoms with Crippen LogP contribution in [0.2, 0.25) is 0 Å². The van der Waals surface area contributed by atoms with Crippen LogP contribution in [0.4, 0.5) is 0 Å². The molecule has 0 radical (unpaired) electrons. The maximum atomic E-state index is 11.3. The zero-order valence-electron chi connectivity index (χ0n) is 9.04. The van der Waals surface area contributed by atoms with Crippen molar-refractivity contribution < 1.29 is 19.1 Å². The van der Waals surface area contributed by atoms with E-state index >= 15 is 0 Å². The number of methoxy groups -OCH3 is 1. The maximum absolute atomic E-state index is 11.3. The van der Waals surface area contributed by atoms with Gasteiger partial charge in [-0.05, 0) is 13.3 Å². The van der Waals surface area contributed by atoms with Crippen LogP contribution in [0.15, 0.2) is 0 Å². The third-order valence-electron chi connectivity index (χ3n) is 1.89. The molecule has 0 aromatic carbocycles. The minimum Gasteiger partial charge on any atom is -0.466 e. The molecule has 4 heteroatoms. The first kappa shape index (κ1) is 13.1. The molecule has 0 saturated heterocycles. The van der Waals surface area contributed by atoms with Crippen molar-refractivity contribution in [3.63, 3.8) is 0 Å². The highest BCUT2D eigenvalue weighted by atomic mass is 16.5. The zero-order valence-corrected chi connectivity index (χ0v) is 9.04. The zero-order chi connectivity index (χ0) is 11.0. The van der Waals surface area contributed by atoms with Crippen molar-refractivity contribution in [2.24, 2.45) is 0 Å². The van der Waals surface area contributed by atoms with Crippen molar-refractivity contribution in [2.45, 2.75) is 39.2 Å². The Morgan fingerprint density at radius 3 is 2.36 bits per heavy atom. The van der Waals surface area contributed by atoms with Gasteiger partial charge in [0, 0.05) is 13.5 Å². The minimum absolute atomic E-state index is 0.0862. The third-order valence-corrected chi connectivity index (χ3v) is 1.89. The summed E-state index contributed by atoms with van der Waals surface area (Å²) >= 11 is 0. The van der Waals surface area contributed by atoms with Crippen LogP contribution in [0.5, 0.6) is 0 Å². The Bertz CT molecular complexity index is 185. The van der Waals surface area contributed by atoms with Crippen LogP contribution >= 0.6 is 0 Å². The summed E-state index contributed by atoms with van der Waals surface area (Å²) in [6, 6.07) is 0. The number of ketones is 1. The van der Waals surface area contributed by atoms with E-state index in [1.165, 1.54) is 0 Å². The van der Waals surface area contributed by atoms with E-state index < -0.39 is 5.97 Å². The summed E-state index contributed by atoms with van der Waals surface area (Å²) in [4.78, 5) is 22.2. The van der Waals surface area contributed by atoms with E-state index in [2.05, 4.69) is 4.74 Å². The van der Waals surface area contributed by atoms with E-state index in [-0.39, 0.29) is 24.7 Å². The second-order valence-electron chi connectivity index (χ2n) is 2.99. The molecule has 0 heterocycles. The standard InChI is InChI=1S/C10H18O4/c1-4-9(13-3)6-8(11)7-10(12)14-5-2/h9H,4-7H2,1-3H3. The fraction of sp³-hybridized carbons (Fsp3) is 0.800. The molecule has 0 amide bonds. The van der Waals surface area contributed by atoms with Gasteiger partial charge < -0.3 is 9.47 Å². The number of Topliss-reactive ketones (excluding diaryl/α,β-unsaturated/α-hetero) is 1. The minimum atomic E-state index is -0.455. The number of carbonyl (C=O) groups is 2. The van der Waals surface area contributed by atoms with Crippen LogP contribution in [-0.4, -0.2) is 31.6 Å². The summed E-state index contributed by atoms with van der Waals surface area (Å²) in [7, 11) is 1.56. The Kier molecular flexibility index (Phi) is 7.02.